The van der Waals surface area contributed by atoms with Gasteiger partial charge in [0.1, 0.15) is 11.9 Å². The maximum atomic E-state index is 13.9. The third kappa shape index (κ3) is 3.09. The molecule has 2 nitrogen and oxygen atoms in total. The van der Waals surface area contributed by atoms with E-state index in [-0.39, 0.29) is 5.82 Å². The Morgan fingerprint density at radius 3 is 2.50 bits per heavy atom. The van der Waals surface area contributed by atoms with Crippen molar-refractivity contribution in [3.8, 4) is 6.07 Å². The maximum absolute atomic E-state index is 13.9. The Hall–Kier alpha value is -0.920. The van der Waals surface area contributed by atoms with E-state index in [0.717, 1.165) is 30.4 Å². The third-order valence-electron chi connectivity index (χ3n) is 3.38. The minimum atomic E-state index is -0.472. The van der Waals surface area contributed by atoms with Gasteiger partial charge in [-0.1, -0.05) is 28.8 Å². The van der Waals surface area contributed by atoms with Crippen LogP contribution in [0.3, 0.4) is 0 Å². The lowest BCUT2D eigenvalue weighted by atomic mass is 10.1. The van der Waals surface area contributed by atoms with E-state index in [9.17, 15) is 9.65 Å². The molecule has 0 aromatic heterocycles. The highest BCUT2D eigenvalue weighted by Gasteiger charge is 2.23. The summed E-state index contributed by atoms with van der Waals surface area (Å²) >= 11 is 3.34. The summed E-state index contributed by atoms with van der Waals surface area (Å²) in [5.41, 5.74) is 0.480. The first-order valence-electron chi connectivity index (χ1n) is 6.31. The van der Waals surface area contributed by atoms with Crippen LogP contribution >= 0.6 is 15.9 Å². The summed E-state index contributed by atoms with van der Waals surface area (Å²) in [5, 5.41) is 9.37. The van der Waals surface area contributed by atoms with Crippen LogP contribution in [-0.2, 0) is 0 Å². The van der Waals surface area contributed by atoms with Gasteiger partial charge in [-0.2, -0.15) is 5.26 Å². The van der Waals surface area contributed by atoms with E-state index in [2.05, 4.69) is 26.9 Å². The maximum Gasteiger partial charge on any atom is 0.129 e. The number of benzene rings is 1. The molecule has 96 valence electrons. The lowest BCUT2D eigenvalue weighted by Gasteiger charge is -2.26. The van der Waals surface area contributed by atoms with Gasteiger partial charge >= 0.3 is 0 Å². The van der Waals surface area contributed by atoms with E-state index >= 15 is 0 Å². The highest BCUT2D eigenvalue weighted by atomic mass is 79.9. The average molecular weight is 311 g/mol. The standard InChI is InChI=1S/C14H16BrFN2/c15-11-5-6-13(16)12(9-11)14(10-17)18-7-3-1-2-4-8-18/h5-6,9,14H,1-4,7-8H2. The molecular weight excluding hydrogens is 295 g/mol. The van der Waals surface area contributed by atoms with Gasteiger partial charge in [0.05, 0.1) is 6.07 Å². The molecule has 1 aliphatic heterocycles. The fraction of sp³-hybridized carbons (Fsp3) is 0.500. The van der Waals surface area contributed by atoms with Crippen LogP contribution in [0.2, 0.25) is 0 Å². The number of halogens is 2. The van der Waals surface area contributed by atoms with Crippen LogP contribution in [0.5, 0.6) is 0 Å². The van der Waals surface area contributed by atoms with E-state index in [0.29, 0.717) is 5.56 Å². The first-order valence-corrected chi connectivity index (χ1v) is 7.10. The second kappa shape index (κ2) is 6.31. The van der Waals surface area contributed by atoms with Gasteiger partial charge in [0.15, 0.2) is 0 Å². The molecule has 4 heteroatoms. The number of nitrogens with zero attached hydrogens (tertiary/aromatic N) is 2. The van der Waals surface area contributed by atoms with E-state index in [1.165, 1.54) is 18.9 Å². The summed E-state index contributed by atoms with van der Waals surface area (Å²) in [5.74, 6) is -0.297. The highest BCUT2D eigenvalue weighted by Crippen LogP contribution is 2.27. The lowest BCUT2D eigenvalue weighted by Crippen LogP contribution is -2.29. The Kier molecular flexibility index (Phi) is 4.73. The molecule has 0 spiro atoms. The second-order valence-corrected chi connectivity index (χ2v) is 5.56. The Morgan fingerprint density at radius 1 is 1.22 bits per heavy atom. The Bertz CT molecular complexity index is 448. The van der Waals surface area contributed by atoms with Crippen LogP contribution in [-0.4, -0.2) is 18.0 Å². The quantitative estimate of drug-likeness (QED) is 0.824. The van der Waals surface area contributed by atoms with Gasteiger partial charge in [0.2, 0.25) is 0 Å². The third-order valence-corrected chi connectivity index (χ3v) is 3.87. The monoisotopic (exact) mass is 310 g/mol. The van der Waals surface area contributed by atoms with Crippen molar-refractivity contribution < 1.29 is 4.39 Å². The van der Waals surface area contributed by atoms with Crippen molar-refractivity contribution in [2.45, 2.75) is 31.7 Å². The molecule has 1 saturated heterocycles. The smallest absolute Gasteiger partial charge is 0.129 e. The Morgan fingerprint density at radius 2 is 1.89 bits per heavy atom. The van der Waals surface area contributed by atoms with E-state index in [1.54, 1.807) is 12.1 Å². The lowest BCUT2D eigenvalue weighted by molar-refractivity contribution is 0.241. The Balaban J connectivity index is 2.26. The van der Waals surface area contributed by atoms with E-state index in [4.69, 9.17) is 0 Å². The van der Waals surface area contributed by atoms with Gasteiger partial charge in [0.25, 0.3) is 0 Å². The van der Waals surface area contributed by atoms with Crippen LogP contribution in [0, 0.1) is 17.1 Å². The van der Waals surface area contributed by atoms with E-state index < -0.39 is 6.04 Å². The summed E-state index contributed by atoms with van der Waals surface area (Å²) in [6.07, 6.45) is 4.59. The number of rotatable bonds is 2. The zero-order valence-electron chi connectivity index (χ0n) is 10.2. The molecule has 1 heterocycles. The molecule has 1 aromatic rings. The zero-order chi connectivity index (χ0) is 13.0. The number of likely N-dealkylation sites (tertiary alicyclic amines) is 1. The minimum absolute atomic E-state index is 0.297. The van der Waals surface area contributed by atoms with Crippen molar-refractivity contribution in [1.29, 1.82) is 5.26 Å². The van der Waals surface area contributed by atoms with Crippen LogP contribution < -0.4 is 0 Å². The van der Waals surface area contributed by atoms with Gasteiger partial charge in [-0.15, -0.1) is 0 Å². The normalized spacial score (nSPS) is 18.9. The predicted octanol–water partition coefficient (Wildman–Crippen LogP) is 4.03. The first kappa shape index (κ1) is 13.5. The number of hydrogen-bond acceptors (Lipinski definition) is 2. The number of nitriles is 1. The van der Waals surface area contributed by atoms with Crippen molar-refractivity contribution in [1.82, 2.24) is 4.90 Å². The van der Waals surface area contributed by atoms with Crippen LogP contribution in [0.1, 0.15) is 37.3 Å². The summed E-state index contributed by atoms with van der Waals surface area (Å²) in [6.45, 7) is 1.76. The molecular formula is C14H16BrFN2. The molecule has 0 N–H and O–H groups in total. The summed E-state index contributed by atoms with van der Waals surface area (Å²) in [7, 11) is 0. The zero-order valence-corrected chi connectivity index (χ0v) is 11.8. The molecule has 0 aliphatic carbocycles. The highest BCUT2D eigenvalue weighted by molar-refractivity contribution is 9.10. The topological polar surface area (TPSA) is 27.0 Å². The van der Waals surface area contributed by atoms with Crippen molar-refractivity contribution >= 4 is 15.9 Å². The van der Waals surface area contributed by atoms with Crippen LogP contribution in [0.25, 0.3) is 0 Å². The fourth-order valence-corrected chi connectivity index (χ4v) is 2.80. The molecule has 2 rings (SSSR count). The minimum Gasteiger partial charge on any atom is -0.284 e. The molecule has 1 fully saturated rings. The molecule has 0 saturated carbocycles. The summed E-state index contributed by atoms with van der Waals surface area (Å²) < 4.78 is 14.7. The molecule has 0 amide bonds. The molecule has 1 aliphatic rings. The average Bonchev–Trinajstić information content (AvgIpc) is 2.64. The molecule has 1 atom stereocenters. The predicted molar refractivity (Wildman–Crippen MR) is 72.5 cm³/mol. The molecule has 0 bridgehead atoms. The van der Waals surface area contributed by atoms with Crippen molar-refractivity contribution in [3.05, 3.63) is 34.1 Å². The van der Waals surface area contributed by atoms with Gasteiger partial charge in [-0.05, 0) is 44.1 Å². The first-order chi connectivity index (χ1) is 8.72. The molecule has 1 unspecified atom stereocenters. The molecule has 0 radical (unpaired) electrons. The number of hydrogen-bond donors (Lipinski definition) is 0. The fourth-order valence-electron chi connectivity index (χ4n) is 2.43. The van der Waals surface area contributed by atoms with Gasteiger partial charge < -0.3 is 0 Å². The Labute approximate surface area is 116 Å². The van der Waals surface area contributed by atoms with Crippen LogP contribution in [0.15, 0.2) is 22.7 Å². The van der Waals surface area contributed by atoms with Gasteiger partial charge in [-0.25, -0.2) is 4.39 Å². The molecule has 1 aromatic carbocycles. The van der Waals surface area contributed by atoms with E-state index in [1.807, 2.05) is 0 Å². The van der Waals surface area contributed by atoms with Crippen molar-refractivity contribution in [2.75, 3.05) is 13.1 Å². The largest absolute Gasteiger partial charge is 0.284 e. The summed E-state index contributed by atoms with van der Waals surface area (Å²) in [6, 6.07) is 6.57. The van der Waals surface area contributed by atoms with Crippen LogP contribution in [0.4, 0.5) is 4.39 Å². The SMILES string of the molecule is N#CC(c1cc(Br)ccc1F)N1CCCCCC1. The molecule has 18 heavy (non-hydrogen) atoms. The summed E-state index contributed by atoms with van der Waals surface area (Å²) in [4.78, 5) is 2.10. The van der Waals surface area contributed by atoms with Crippen molar-refractivity contribution in [2.24, 2.45) is 0 Å². The van der Waals surface area contributed by atoms with Gasteiger partial charge in [0, 0.05) is 10.0 Å². The van der Waals surface area contributed by atoms with Gasteiger partial charge in [-0.3, -0.25) is 4.90 Å². The second-order valence-electron chi connectivity index (χ2n) is 4.65. The van der Waals surface area contributed by atoms with Crippen molar-refractivity contribution in [3.63, 3.8) is 0 Å².